The normalized spacial score (nSPS) is 15.6. The number of ether oxygens (including phenoxy) is 2. The minimum Gasteiger partial charge on any atom is -0.488 e. The molecule has 0 atom stereocenters. The molecule has 0 amide bonds. The third-order valence-corrected chi connectivity index (χ3v) is 7.30. The van der Waals surface area contributed by atoms with E-state index in [-0.39, 0.29) is 17.0 Å². The number of halogens is 2. The number of sulfonamides is 1. The predicted octanol–water partition coefficient (Wildman–Crippen LogP) is 5.22. The number of fused-ring (bicyclic) bond motifs is 1. The minimum absolute atomic E-state index is 0.0450. The highest BCUT2D eigenvalue weighted by Gasteiger charge is 2.32. The van der Waals surface area contributed by atoms with Gasteiger partial charge in [0.2, 0.25) is 10.0 Å². The molecule has 2 aromatic carbocycles. The lowest BCUT2D eigenvalue weighted by Gasteiger charge is -2.33. The van der Waals surface area contributed by atoms with Gasteiger partial charge < -0.3 is 9.47 Å². The number of hydrogen-bond acceptors (Lipinski definition) is 5. The second-order valence-electron chi connectivity index (χ2n) is 9.77. The summed E-state index contributed by atoms with van der Waals surface area (Å²) in [5.41, 5.74) is 0.101. The fraction of sp³-hybridized carbons (Fsp3) is 0.458. The van der Waals surface area contributed by atoms with Crippen molar-refractivity contribution in [3.63, 3.8) is 0 Å². The largest absolute Gasteiger partial charge is 0.488 e. The van der Waals surface area contributed by atoms with Gasteiger partial charge in [-0.2, -0.15) is 4.31 Å². The van der Waals surface area contributed by atoms with Crippen LogP contribution in [-0.4, -0.2) is 36.4 Å². The van der Waals surface area contributed by atoms with Crippen molar-refractivity contribution < 1.29 is 27.1 Å². The van der Waals surface area contributed by atoms with E-state index in [0.29, 0.717) is 22.2 Å². The van der Waals surface area contributed by atoms with E-state index in [2.05, 4.69) is 15.9 Å². The van der Waals surface area contributed by atoms with E-state index in [9.17, 15) is 17.6 Å². The molecule has 0 radical (unpaired) electrons. The van der Waals surface area contributed by atoms with E-state index < -0.39 is 34.0 Å². The summed E-state index contributed by atoms with van der Waals surface area (Å²) in [5.74, 6) is -0.551. The maximum absolute atomic E-state index is 13.9. The summed E-state index contributed by atoms with van der Waals surface area (Å²) in [5, 5.41) is 0. The molecular formula is C24H29BrFNO5S. The quantitative estimate of drug-likeness (QED) is 0.468. The van der Waals surface area contributed by atoms with Gasteiger partial charge in [0.25, 0.3) is 0 Å². The van der Waals surface area contributed by atoms with Crippen molar-refractivity contribution in [2.75, 3.05) is 6.54 Å². The first-order chi connectivity index (χ1) is 15.1. The Morgan fingerprint density at radius 2 is 1.91 bits per heavy atom. The molecule has 2 aromatic rings. The Balaban J connectivity index is 1.96. The van der Waals surface area contributed by atoms with Crippen molar-refractivity contribution in [1.29, 1.82) is 0 Å². The van der Waals surface area contributed by atoms with Crippen LogP contribution in [0.1, 0.15) is 52.2 Å². The maximum atomic E-state index is 13.9. The fourth-order valence-electron chi connectivity index (χ4n) is 3.59. The van der Waals surface area contributed by atoms with Crippen LogP contribution in [0, 0.1) is 5.82 Å². The van der Waals surface area contributed by atoms with Crippen molar-refractivity contribution in [3.05, 3.63) is 57.8 Å². The smallest absolute Gasteiger partial charge is 0.321 e. The third-order valence-electron chi connectivity index (χ3n) is 5.06. The zero-order valence-corrected chi connectivity index (χ0v) is 21.8. The Hall–Kier alpha value is -1.97. The summed E-state index contributed by atoms with van der Waals surface area (Å²) in [6.45, 7) is 8.39. The van der Waals surface area contributed by atoms with Crippen molar-refractivity contribution in [3.8, 4) is 5.75 Å². The number of rotatable bonds is 6. The van der Waals surface area contributed by atoms with Gasteiger partial charge in [0.15, 0.2) is 0 Å². The van der Waals surface area contributed by atoms with E-state index in [0.717, 1.165) is 16.3 Å². The van der Waals surface area contributed by atoms with E-state index in [1.165, 1.54) is 18.2 Å². The molecule has 0 fully saturated rings. The van der Waals surface area contributed by atoms with Crippen molar-refractivity contribution in [1.82, 2.24) is 4.31 Å². The third kappa shape index (κ3) is 6.77. The molecule has 1 aliphatic heterocycles. The minimum atomic E-state index is -4.10. The van der Waals surface area contributed by atoms with Gasteiger partial charge in [-0.05, 0) is 95.0 Å². The van der Waals surface area contributed by atoms with Crippen molar-refractivity contribution in [2.24, 2.45) is 0 Å². The zero-order valence-electron chi connectivity index (χ0n) is 19.4. The van der Waals surface area contributed by atoms with Crippen LogP contribution in [0.2, 0.25) is 0 Å². The summed E-state index contributed by atoms with van der Waals surface area (Å²) in [6, 6.07) is 8.84. The van der Waals surface area contributed by atoms with Gasteiger partial charge in [0, 0.05) is 11.0 Å². The molecule has 0 aromatic heterocycles. The molecule has 0 N–H and O–H groups in total. The Morgan fingerprint density at radius 1 is 1.21 bits per heavy atom. The Bertz CT molecular complexity index is 1140. The van der Waals surface area contributed by atoms with Gasteiger partial charge in [-0.1, -0.05) is 15.9 Å². The Morgan fingerprint density at radius 3 is 2.55 bits per heavy atom. The van der Waals surface area contributed by atoms with Crippen LogP contribution in [-0.2, 0) is 32.5 Å². The number of nitrogens with zero attached hydrogens (tertiary/aromatic N) is 1. The van der Waals surface area contributed by atoms with Crippen LogP contribution in [0.4, 0.5) is 4.39 Å². The lowest BCUT2D eigenvalue weighted by atomic mass is 9.94. The summed E-state index contributed by atoms with van der Waals surface area (Å²) < 4.78 is 53.9. The van der Waals surface area contributed by atoms with Gasteiger partial charge >= 0.3 is 5.97 Å². The van der Waals surface area contributed by atoms with Crippen LogP contribution in [0.3, 0.4) is 0 Å². The summed E-state index contributed by atoms with van der Waals surface area (Å²) in [6.07, 6.45) is 1.43. The molecule has 180 valence electrons. The Labute approximate surface area is 203 Å². The van der Waals surface area contributed by atoms with Crippen LogP contribution in [0.5, 0.6) is 5.75 Å². The van der Waals surface area contributed by atoms with E-state index in [4.69, 9.17) is 9.47 Å². The highest BCUT2D eigenvalue weighted by molar-refractivity contribution is 9.10. The molecule has 9 heteroatoms. The first-order valence-electron chi connectivity index (χ1n) is 10.6. The van der Waals surface area contributed by atoms with Crippen LogP contribution < -0.4 is 4.74 Å². The summed E-state index contributed by atoms with van der Waals surface area (Å²) in [4.78, 5) is 12.6. The van der Waals surface area contributed by atoms with Gasteiger partial charge in [-0.3, -0.25) is 4.79 Å². The van der Waals surface area contributed by atoms with Gasteiger partial charge in [-0.15, -0.1) is 0 Å². The van der Waals surface area contributed by atoms with Gasteiger partial charge in [0.1, 0.15) is 29.3 Å². The molecule has 6 nitrogen and oxygen atoms in total. The molecule has 1 heterocycles. The van der Waals surface area contributed by atoms with E-state index in [1.807, 2.05) is 13.8 Å². The van der Waals surface area contributed by atoms with E-state index in [1.54, 1.807) is 39.0 Å². The average Bonchev–Trinajstić information content (AvgIpc) is 2.64. The number of hydrogen-bond donors (Lipinski definition) is 0. The first kappa shape index (κ1) is 25.6. The van der Waals surface area contributed by atoms with Crippen LogP contribution in [0.25, 0.3) is 0 Å². The number of benzene rings is 2. The number of carbonyl (C=O) groups excluding carboxylic acids is 1. The molecule has 0 aliphatic carbocycles. The maximum Gasteiger partial charge on any atom is 0.321 e. The molecule has 0 bridgehead atoms. The highest BCUT2D eigenvalue weighted by atomic mass is 79.9. The standard InChI is InChI=1S/C24H29BrFNO5S/c1-23(2,3)32-22(28)15-27(14-16-10-18(25)13-19(26)11-16)33(29,30)20-6-7-21-17(12-20)8-9-24(4,5)31-21/h6-7,10-13H,8-9,14-15H2,1-5H3. The lowest BCUT2D eigenvalue weighted by Crippen LogP contribution is -2.38. The SMILES string of the molecule is CC(C)(C)OC(=O)CN(Cc1cc(F)cc(Br)c1)S(=O)(=O)c1ccc2c(c1)CCC(C)(C)O2. The van der Waals surface area contributed by atoms with Gasteiger partial charge in [-0.25, -0.2) is 12.8 Å². The van der Waals surface area contributed by atoms with E-state index >= 15 is 0 Å². The van der Waals surface area contributed by atoms with Crippen LogP contribution >= 0.6 is 15.9 Å². The summed E-state index contributed by atoms with van der Waals surface area (Å²) in [7, 11) is -4.10. The predicted molar refractivity (Wildman–Crippen MR) is 127 cm³/mol. The van der Waals surface area contributed by atoms with Crippen molar-refractivity contribution >= 4 is 31.9 Å². The topological polar surface area (TPSA) is 72.9 Å². The average molecular weight is 542 g/mol. The monoisotopic (exact) mass is 541 g/mol. The fourth-order valence-corrected chi connectivity index (χ4v) is 5.53. The zero-order chi connectivity index (χ0) is 24.6. The first-order valence-corrected chi connectivity index (χ1v) is 12.9. The van der Waals surface area contributed by atoms with Crippen molar-refractivity contribution in [2.45, 2.75) is 70.1 Å². The molecule has 0 spiro atoms. The molecule has 3 rings (SSSR count). The van der Waals surface area contributed by atoms with Crippen LogP contribution in [0.15, 0.2) is 45.8 Å². The van der Waals surface area contributed by atoms with Gasteiger partial charge in [0.05, 0.1) is 4.90 Å². The second-order valence-corrected chi connectivity index (χ2v) is 12.6. The lowest BCUT2D eigenvalue weighted by molar-refractivity contribution is -0.155. The number of carbonyl (C=O) groups is 1. The number of esters is 1. The molecule has 0 saturated heterocycles. The molecule has 0 saturated carbocycles. The summed E-state index contributed by atoms with van der Waals surface area (Å²) >= 11 is 3.23. The highest BCUT2D eigenvalue weighted by Crippen LogP contribution is 2.35. The second kappa shape index (κ2) is 9.35. The molecule has 0 unspecified atom stereocenters. The molecular weight excluding hydrogens is 513 g/mol. The number of aryl methyl sites for hydroxylation is 1. The molecule has 1 aliphatic rings. The Kier molecular flexibility index (Phi) is 7.27. The molecule has 33 heavy (non-hydrogen) atoms.